The molecule has 1 aromatic rings. The van der Waals surface area contributed by atoms with E-state index in [9.17, 15) is 9.59 Å². The van der Waals surface area contributed by atoms with Gasteiger partial charge in [0.1, 0.15) is 11.4 Å². The summed E-state index contributed by atoms with van der Waals surface area (Å²) < 4.78 is 10.5. The maximum absolute atomic E-state index is 11.8. The summed E-state index contributed by atoms with van der Waals surface area (Å²) in [4.78, 5) is 28.2. The van der Waals surface area contributed by atoms with Gasteiger partial charge in [0.2, 0.25) is 0 Å². The zero-order valence-electron chi connectivity index (χ0n) is 14.2. The molecule has 8 heteroatoms. The molecule has 134 valence electrons. The van der Waals surface area contributed by atoms with Crippen molar-refractivity contribution in [1.82, 2.24) is 10.8 Å². The van der Waals surface area contributed by atoms with Crippen LogP contribution in [-0.4, -0.2) is 36.9 Å². The first-order valence-corrected chi connectivity index (χ1v) is 7.86. The van der Waals surface area contributed by atoms with Crippen LogP contribution in [0.1, 0.15) is 27.7 Å². The van der Waals surface area contributed by atoms with Crippen LogP contribution in [0.25, 0.3) is 0 Å². The number of hydrogen-bond donors (Lipinski definition) is 2. The molecule has 0 fully saturated rings. The Morgan fingerprint density at radius 3 is 2.42 bits per heavy atom. The van der Waals surface area contributed by atoms with Gasteiger partial charge in [-0.15, -0.1) is 0 Å². The average Bonchev–Trinajstić information content (AvgIpc) is 2.47. The molecular formula is C16H23ClN2O5. The molecule has 0 radical (unpaired) electrons. The zero-order valence-corrected chi connectivity index (χ0v) is 15.0. The highest BCUT2D eigenvalue weighted by atomic mass is 35.5. The summed E-state index contributed by atoms with van der Waals surface area (Å²) in [7, 11) is 0. The van der Waals surface area contributed by atoms with E-state index < -0.39 is 23.7 Å². The molecule has 0 heterocycles. The third kappa shape index (κ3) is 8.59. The molecule has 0 spiro atoms. The third-order valence-electron chi connectivity index (χ3n) is 2.54. The van der Waals surface area contributed by atoms with Crippen molar-refractivity contribution in [2.24, 2.45) is 0 Å². The maximum atomic E-state index is 11.8. The number of nitrogens with one attached hydrogen (secondary N) is 2. The number of amides is 2. The van der Waals surface area contributed by atoms with Gasteiger partial charge in [-0.3, -0.25) is 9.63 Å². The molecule has 1 atom stereocenters. The first-order valence-electron chi connectivity index (χ1n) is 7.48. The second kappa shape index (κ2) is 9.34. The number of ether oxygens (including phenoxy) is 2. The first-order chi connectivity index (χ1) is 11.2. The van der Waals surface area contributed by atoms with Crippen molar-refractivity contribution >= 4 is 23.6 Å². The standard InChI is InChI=1S/C16H23ClN2O5/c1-11(23-13-7-5-12(17)6-8-13)14(20)19-22-10-9-18-15(21)24-16(2,3)4/h5-8,11H,9-10H2,1-4H3,(H,18,21)(H,19,20). The lowest BCUT2D eigenvalue weighted by molar-refractivity contribution is -0.139. The number of alkyl carbamates (subject to hydrolysis) is 1. The highest BCUT2D eigenvalue weighted by Crippen LogP contribution is 2.16. The minimum atomic E-state index is -0.745. The Hall–Kier alpha value is -1.99. The minimum absolute atomic E-state index is 0.0959. The molecule has 2 amide bonds. The van der Waals surface area contributed by atoms with E-state index in [0.717, 1.165) is 0 Å². The quantitative estimate of drug-likeness (QED) is 0.578. The zero-order chi connectivity index (χ0) is 18.2. The van der Waals surface area contributed by atoms with Gasteiger partial charge in [-0.25, -0.2) is 10.3 Å². The number of rotatable bonds is 7. The Balaban J connectivity index is 2.19. The van der Waals surface area contributed by atoms with Crippen LogP contribution in [0.4, 0.5) is 4.79 Å². The Kier molecular flexibility index (Phi) is 7.81. The SMILES string of the molecule is CC(Oc1ccc(Cl)cc1)C(=O)NOCCNC(=O)OC(C)(C)C. The Morgan fingerprint density at radius 2 is 1.83 bits per heavy atom. The molecule has 1 rings (SSSR count). The van der Waals surface area contributed by atoms with Crippen molar-refractivity contribution in [2.75, 3.05) is 13.2 Å². The molecule has 7 nitrogen and oxygen atoms in total. The van der Waals surface area contributed by atoms with Gasteiger partial charge in [0, 0.05) is 11.6 Å². The van der Waals surface area contributed by atoms with Crippen LogP contribution in [0.2, 0.25) is 5.02 Å². The molecule has 24 heavy (non-hydrogen) atoms. The van der Waals surface area contributed by atoms with E-state index in [1.165, 1.54) is 0 Å². The van der Waals surface area contributed by atoms with Gasteiger partial charge in [-0.05, 0) is 52.0 Å². The summed E-state index contributed by atoms with van der Waals surface area (Å²) >= 11 is 5.77. The Labute approximate surface area is 146 Å². The number of carbonyl (C=O) groups excluding carboxylic acids is 2. The second-order valence-corrected chi connectivity index (χ2v) is 6.39. The fourth-order valence-corrected chi connectivity index (χ4v) is 1.62. The smallest absolute Gasteiger partial charge is 0.407 e. The van der Waals surface area contributed by atoms with Crippen LogP contribution in [0.5, 0.6) is 5.75 Å². The minimum Gasteiger partial charge on any atom is -0.481 e. The molecule has 0 aromatic heterocycles. The number of benzene rings is 1. The van der Waals surface area contributed by atoms with E-state index in [2.05, 4.69) is 10.8 Å². The number of hydroxylamine groups is 1. The lowest BCUT2D eigenvalue weighted by Crippen LogP contribution is -2.39. The Bertz CT molecular complexity index is 542. The summed E-state index contributed by atoms with van der Waals surface area (Å²) in [6.07, 6.45) is -1.29. The van der Waals surface area contributed by atoms with Crippen LogP contribution in [-0.2, 0) is 14.4 Å². The fourth-order valence-electron chi connectivity index (χ4n) is 1.49. The van der Waals surface area contributed by atoms with E-state index in [1.807, 2.05) is 0 Å². The van der Waals surface area contributed by atoms with Crippen molar-refractivity contribution < 1.29 is 23.9 Å². The summed E-state index contributed by atoms with van der Waals surface area (Å²) in [6, 6.07) is 6.66. The molecule has 0 bridgehead atoms. The summed E-state index contributed by atoms with van der Waals surface area (Å²) in [5, 5.41) is 3.09. The van der Waals surface area contributed by atoms with E-state index >= 15 is 0 Å². The van der Waals surface area contributed by atoms with Crippen LogP contribution < -0.4 is 15.5 Å². The van der Waals surface area contributed by atoms with E-state index in [4.69, 9.17) is 25.9 Å². The molecule has 0 saturated carbocycles. The van der Waals surface area contributed by atoms with Gasteiger partial charge in [-0.1, -0.05) is 11.6 Å². The molecule has 0 saturated heterocycles. The molecule has 0 aliphatic rings. The predicted octanol–water partition coefficient (Wildman–Crippen LogP) is 2.68. The van der Waals surface area contributed by atoms with Crippen molar-refractivity contribution in [2.45, 2.75) is 39.4 Å². The number of halogens is 1. The van der Waals surface area contributed by atoms with Gasteiger partial charge in [-0.2, -0.15) is 0 Å². The monoisotopic (exact) mass is 358 g/mol. The lowest BCUT2D eigenvalue weighted by atomic mass is 10.2. The van der Waals surface area contributed by atoms with E-state index in [-0.39, 0.29) is 13.2 Å². The van der Waals surface area contributed by atoms with Crippen molar-refractivity contribution in [3.63, 3.8) is 0 Å². The largest absolute Gasteiger partial charge is 0.481 e. The second-order valence-electron chi connectivity index (χ2n) is 5.96. The van der Waals surface area contributed by atoms with Gasteiger partial charge in [0.25, 0.3) is 5.91 Å². The molecule has 1 unspecified atom stereocenters. The predicted molar refractivity (Wildman–Crippen MR) is 89.9 cm³/mol. The fraction of sp³-hybridized carbons (Fsp3) is 0.500. The van der Waals surface area contributed by atoms with E-state index in [0.29, 0.717) is 10.8 Å². The highest BCUT2D eigenvalue weighted by Gasteiger charge is 2.16. The van der Waals surface area contributed by atoms with Gasteiger partial charge in [0.15, 0.2) is 6.10 Å². The van der Waals surface area contributed by atoms with Crippen LogP contribution in [0, 0.1) is 0 Å². The first kappa shape index (κ1) is 20.1. The number of carbonyl (C=O) groups is 2. The van der Waals surface area contributed by atoms with Crippen LogP contribution >= 0.6 is 11.6 Å². The summed E-state index contributed by atoms with van der Waals surface area (Å²) in [5.74, 6) is 0.0795. The number of hydrogen-bond acceptors (Lipinski definition) is 5. The van der Waals surface area contributed by atoms with Crippen LogP contribution in [0.3, 0.4) is 0 Å². The van der Waals surface area contributed by atoms with E-state index in [1.54, 1.807) is 52.0 Å². The van der Waals surface area contributed by atoms with Gasteiger partial charge >= 0.3 is 6.09 Å². The molecular weight excluding hydrogens is 336 g/mol. The Morgan fingerprint density at radius 1 is 1.21 bits per heavy atom. The molecule has 0 aliphatic heterocycles. The van der Waals surface area contributed by atoms with Crippen LogP contribution in [0.15, 0.2) is 24.3 Å². The van der Waals surface area contributed by atoms with Crippen molar-refractivity contribution in [1.29, 1.82) is 0 Å². The maximum Gasteiger partial charge on any atom is 0.407 e. The van der Waals surface area contributed by atoms with Gasteiger partial charge in [0.05, 0.1) is 6.61 Å². The van der Waals surface area contributed by atoms with Crippen molar-refractivity contribution in [3.8, 4) is 5.75 Å². The molecule has 2 N–H and O–H groups in total. The van der Waals surface area contributed by atoms with Gasteiger partial charge < -0.3 is 14.8 Å². The molecule has 0 aliphatic carbocycles. The third-order valence-corrected chi connectivity index (χ3v) is 2.79. The summed E-state index contributed by atoms with van der Waals surface area (Å²) in [6.45, 7) is 7.19. The lowest BCUT2D eigenvalue weighted by Gasteiger charge is -2.19. The molecule has 1 aromatic carbocycles. The average molecular weight is 359 g/mol. The van der Waals surface area contributed by atoms with Crippen molar-refractivity contribution in [3.05, 3.63) is 29.3 Å². The summed E-state index contributed by atoms with van der Waals surface area (Å²) in [5.41, 5.74) is 1.69. The normalized spacial score (nSPS) is 12.2. The highest BCUT2D eigenvalue weighted by molar-refractivity contribution is 6.30. The topological polar surface area (TPSA) is 85.9 Å².